The Morgan fingerprint density at radius 3 is 2.43 bits per heavy atom. The van der Waals surface area contributed by atoms with Crippen molar-refractivity contribution < 1.29 is 18.7 Å². The number of aromatic nitrogens is 2. The van der Waals surface area contributed by atoms with Gasteiger partial charge in [0.05, 0.1) is 0 Å². The number of aliphatic carboxylic acids is 1. The highest BCUT2D eigenvalue weighted by molar-refractivity contribution is 5.67. The van der Waals surface area contributed by atoms with E-state index in [0.29, 0.717) is 5.69 Å². The Labute approximate surface area is 118 Å². The molecule has 2 rings (SSSR count). The zero-order valence-corrected chi connectivity index (χ0v) is 11.1. The fourth-order valence-corrected chi connectivity index (χ4v) is 1.96. The molecule has 0 fully saturated rings. The number of carboxylic acid groups (broad SMARTS) is 1. The Morgan fingerprint density at radius 2 is 1.90 bits per heavy atom. The van der Waals surface area contributed by atoms with E-state index in [4.69, 9.17) is 5.11 Å². The zero-order chi connectivity index (χ0) is 15.6. The van der Waals surface area contributed by atoms with Gasteiger partial charge in [0.15, 0.2) is 0 Å². The number of aromatic amines is 1. The summed E-state index contributed by atoms with van der Waals surface area (Å²) in [5.74, 6) is -2.54. The van der Waals surface area contributed by atoms with Gasteiger partial charge >= 0.3 is 5.97 Å². The molecule has 1 aromatic carbocycles. The lowest BCUT2D eigenvalue weighted by molar-refractivity contribution is -0.136. The number of hydrogen-bond acceptors (Lipinski definition) is 3. The minimum Gasteiger partial charge on any atom is -0.481 e. The summed E-state index contributed by atoms with van der Waals surface area (Å²) in [6.45, 7) is 1.55. The van der Waals surface area contributed by atoms with E-state index in [9.17, 15) is 18.4 Å². The van der Waals surface area contributed by atoms with Gasteiger partial charge in [-0.15, -0.1) is 0 Å². The Balaban J connectivity index is 2.44. The summed E-state index contributed by atoms with van der Waals surface area (Å²) in [6, 6.07) is 2.82. The van der Waals surface area contributed by atoms with Crippen molar-refractivity contribution in [3.8, 4) is 11.4 Å². The van der Waals surface area contributed by atoms with Crippen LogP contribution in [0.15, 0.2) is 23.0 Å². The molecule has 0 radical (unpaired) electrons. The van der Waals surface area contributed by atoms with E-state index < -0.39 is 23.2 Å². The van der Waals surface area contributed by atoms with E-state index in [1.807, 2.05) is 0 Å². The molecule has 7 heteroatoms. The number of carbonyl (C=O) groups is 1. The summed E-state index contributed by atoms with van der Waals surface area (Å²) in [4.78, 5) is 29.0. The molecule has 2 aromatic rings. The number of halogens is 2. The second-order valence-corrected chi connectivity index (χ2v) is 4.53. The van der Waals surface area contributed by atoms with Crippen LogP contribution in [0.3, 0.4) is 0 Å². The molecule has 0 aliphatic rings. The third-order valence-electron chi connectivity index (χ3n) is 2.95. The van der Waals surface area contributed by atoms with Gasteiger partial charge in [-0.1, -0.05) is 0 Å². The average molecular weight is 294 g/mol. The van der Waals surface area contributed by atoms with Crippen molar-refractivity contribution in [3.63, 3.8) is 0 Å². The van der Waals surface area contributed by atoms with Gasteiger partial charge in [-0.05, 0) is 25.5 Å². The molecule has 0 atom stereocenters. The van der Waals surface area contributed by atoms with Gasteiger partial charge in [0.25, 0.3) is 5.56 Å². The van der Waals surface area contributed by atoms with Crippen molar-refractivity contribution in [1.82, 2.24) is 9.97 Å². The molecule has 1 heterocycles. The molecule has 0 aliphatic heterocycles. The molecule has 110 valence electrons. The molecule has 0 bridgehead atoms. The standard InChI is InChI=1S/C14H12F2N2O3/c1-7-11(2-3-12(19)20)14(21)18-13(17-7)8-4-9(15)6-10(16)5-8/h4-6H,2-3H2,1H3,(H,19,20)(H,17,18,21). The molecule has 0 amide bonds. The minimum atomic E-state index is -1.02. The van der Waals surface area contributed by atoms with Crippen LogP contribution in [0.1, 0.15) is 17.7 Å². The van der Waals surface area contributed by atoms with Crippen LogP contribution < -0.4 is 5.56 Å². The van der Waals surface area contributed by atoms with Crippen molar-refractivity contribution in [2.75, 3.05) is 0 Å². The van der Waals surface area contributed by atoms with Crippen LogP contribution in [-0.2, 0) is 11.2 Å². The highest BCUT2D eigenvalue weighted by Gasteiger charge is 2.12. The Bertz CT molecular complexity index is 736. The van der Waals surface area contributed by atoms with Crippen molar-refractivity contribution >= 4 is 5.97 Å². The first-order chi connectivity index (χ1) is 9.86. The molecule has 21 heavy (non-hydrogen) atoms. The fraction of sp³-hybridized carbons (Fsp3) is 0.214. The van der Waals surface area contributed by atoms with Gasteiger partial charge in [0.1, 0.15) is 17.5 Å². The van der Waals surface area contributed by atoms with E-state index in [0.717, 1.165) is 18.2 Å². The molecule has 0 spiro atoms. The van der Waals surface area contributed by atoms with Crippen molar-refractivity contribution in [3.05, 3.63) is 51.4 Å². The Morgan fingerprint density at radius 1 is 1.29 bits per heavy atom. The normalized spacial score (nSPS) is 10.6. The maximum absolute atomic E-state index is 13.2. The number of hydrogen-bond donors (Lipinski definition) is 2. The van der Waals surface area contributed by atoms with Crippen molar-refractivity contribution in [2.45, 2.75) is 19.8 Å². The largest absolute Gasteiger partial charge is 0.481 e. The number of benzene rings is 1. The molecule has 0 aliphatic carbocycles. The zero-order valence-electron chi connectivity index (χ0n) is 11.1. The fourth-order valence-electron chi connectivity index (χ4n) is 1.96. The van der Waals surface area contributed by atoms with E-state index in [2.05, 4.69) is 9.97 Å². The first-order valence-corrected chi connectivity index (χ1v) is 6.15. The molecular weight excluding hydrogens is 282 g/mol. The summed E-state index contributed by atoms with van der Waals surface area (Å²) >= 11 is 0. The van der Waals surface area contributed by atoms with Crippen LogP contribution in [0.25, 0.3) is 11.4 Å². The third kappa shape index (κ3) is 3.50. The summed E-state index contributed by atoms with van der Waals surface area (Å²) in [6.07, 6.45) is -0.152. The third-order valence-corrected chi connectivity index (χ3v) is 2.95. The molecule has 2 N–H and O–H groups in total. The van der Waals surface area contributed by atoms with E-state index >= 15 is 0 Å². The van der Waals surface area contributed by atoms with Crippen molar-refractivity contribution in [2.24, 2.45) is 0 Å². The number of aryl methyl sites for hydroxylation is 1. The maximum Gasteiger partial charge on any atom is 0.303 e. The van der Waals surface area contributed by atoms with E-state index in [-0.39, 0.29) is 29.8 Å². The van der Waals surface area contributed by atoms with Crippen LogP contribution in [0.4, 0.5) is 8.78 Å². The topological polar surface area (TPSA) is 83.0 Å². The van der Waals surface area contributed by atoms with Crippen LogP contribution >= 0.6 is 0 Å². The molecule has 5 nitrogen and oxygen atoms in total. The minimum absolute atomic E-state index is 0.0370. The van der Waals surface area contributed by atoms with Gasteiger partial charge in [0, 0.05) is 29.3 Å². The first kappa shape index (κ1) is 14.8. The summed E-state index contributed by atoms with van der Waals surface area (Å²) in [5, 5.41) is 8.63. The van der Waals surface area contributed by atoms with Gasteiger partial charge in [-0.25, -0.2) is 13.8 Å². The second kappa shape index (κ2) is 5.82. The molecule has 0 unspecified atom stereocenters. The van der Waals surface area contributed by atoms with Crippen molar-refractivity contribution in [1.29, 1.82) is 0 Å². The van der Waals surface area contributed by atoms with Crippen LogP contribution in [0.2, 0.25) is 0 Å². The first-order valence-electron chi connectivity index (χ1n) is 6.15. The van der Waals surface area contributed by atoms with Crippen LogP contribution in [0.5, 0.6) is 0 Å². The quantitative estimate of drug-likeness (QED) is 0.904. The van der Waals surface area contributed by atoms with Gasteiger partial charge in [-0.2, -0.15) is 0 Å². The van der Waals surface area contributed by atoms with E-state index in [1.54, 1.807) is 6.92 Å². The number of carboxylic acids is 1. The second-order valence-electron chi connectivity index (χ2n) is 4.53. The lowest BCUT2D eigenvalue weighted by Gasteiger charge is -2.07. The number of rotatable bonds is 4. The highest BCUT2D eigenvalue weighted by Crippen LogP contribution is 2.18. The van der Waals surface area contributed by atoms with E-state index in [1.165, 1.54) is 0 Å². The Kier molecular flexibility index (Phi) is 4.11. The predicted molar refractivity (Wildman–Crippen MR) is 70.9 cm³/mol. The maximum atomic E-state index is 13.2. The van der Waals surface area contributed by atoms with Crippen LogP contribution in [0, 0.1) is 18.6 Å². The summed E-state index contributed by atoms with van der Waals surface area (Å²) in [5.41, 5.74) is 0.179. The van der Waals surface area contributed by atoms with Gasteiger partial charge in [-0.3, -0.25) is 9.59 Å². The van der Waals surface area contributed by atoms with Gasteiger partial charge in [0.2, 0.25) is 0 Å². The lowest BCUT2D eigenvalue weighted by atomic mass is 10.1. The predicted octanol–water partition coefficient (Wildman–Crippen LogP) is 2.04. The molecular formula is C14H12F2N2O3. The monoisotopic (exact) mass is 294 g/mol. The average Bonchev–Trinajstić information content (AvgIpc) is 2.36. The number of nitrogens with one attached hydrogen (secondary N) is 1. The molecule has 0 saturated carbocycles. The molecule has 1 aromatic heterocycles. The van der Waals surface area contributed by atoms with Crippen LogP contribution in [-0.4, -0.2) is 21.0 Å². The van der Waals surface area contributed by atoms with Gasteiger partial charge < -0.3 is 10.1 Å². The smallest absolute Gasteiger partial charge is 0.303 e. The summed E-state index contributed by atoms with van der Waals surface area (Å²) in [7, 11) is 0. The SMILES string of the molecule is Cc1nc(-c2cc(F)cc(F)c2)[nH]c(=O)c1CCC(=O)O. The lowest BCUT2D eigenvalue weighted by Crippen LogP contribution is -2.18. The Hall–Kier alpha value is -2.57. The number of H-pyrrole nitrogens is 1. The number of nitrogens with zero attached hydrogens (tertiary/aromatic N) is 1. The molecule has 0 saturated heterocycles. The highest BCUT2D eigenvalue weighted by atomic mass is 19.1. The summed E-state index contributed by atoms with van der Waals surface area (Å²) < 4.78 is 26.4.